The van der Waals surface area contributed by atoms with Crippen molar-refractivity contribution in [1.82, 2.24) is 0 Å². The summed E-state index contributed by atoms with van der Waals surface area (Å²) in [5.74, 6) is -0.964. The zero-order valence-electron chi connectivity index (χ0n) is 39.4. The summed E-state index contributed by atoms with van der Waals surface area (Å²) in [6, 6.07) is 0. The molecule has 0 saturated carbocycles. The Bertz CT molecular complexity index is 1250. The maximum atomic E-state index is 12.8. The summed E-state index contributed by atoms with van der Waals surface area (Å²) < 4.78 is 16.7. The lowest BCUT2D eigenvalue weighted by molar-refractivity contribution is -0.167. The molecular formula is C55H90O6. The summed E-state index contributed by atoms with van der Waals surface area (Å²) in [5.41, 5.74) is 0. The molecule has 61 heavy (non-hydrogen) atoms. The number of hydrogen-bond donors (Lipinski definition) is 0. The third-order valence-electron chi connectivity index (χ3n) is 10.0. The van der Waals surface area contributed by atoms with Gasteiger partial charge in [0.05, 0.1) is 0 Å². The van der Waals surface area contributed by atoms with E-state index in [-0.39, 0.29) is 31.1 Å². The topological polar surface area (TPSA) is 78.9 Å². The molecule has 0 heterocycles. The second-order valence-corrected chi connectivity index (χ2v) is 16.0. The van der Waals surface area contributed by atoms with Crippen LogP contribution in [0.5, 0.6) is 0 Å². The molecule has 0 amide bonds. The first-order valence-electron chi connectivity index (χ1n) is 24.7. The van der Waals surface area contributed by atoms with E-state index in [1.165, 1.54) is 32.1 Å². The Kier molecular flexibility index (Phi) is 46.0. The molecule has 0 radical (unpaired) electrons. The molecule has 0 rings (SSSR count). The molecule has 0 spiro atoms. The van der Waals surface area contributed by atoms with Gasteiger partial charge in [0.1, 0.15) is 13.2 Å². The Morgan fingerprint density at radius 3 is 1.10 bits per heavy atom. The van der Waals surface area contributed by atoms with Crippen LogP contribution in [-0.4, -0.2) is 37.2 Å². The lowest BCUT2D eigenvalue weighted by Crippen LogP contribution is -2.30. The molecule has 0 aromatic carbocycles. The normalized spacial score (nSPS) is 12.9. The number of carbonyl (C=O) groups is 3. The van der Waals surface area contributed by atoms with Crippen molar-refractivity contribution in [3.8, 4) is 0 Å². The average Bonchev–Trinajstić information content (AvgIpc) is 3.26. The quantitative estimate of drug-likeness (QED) is 0.0263. The first-order valence-corrected chi connectivity index (χ1v) is 24.7. The van der Waals surface area contributed by atoms with Crippen molar-refractivity contribution in [3.63, 3.8) is 0 Å². The van der Waals surface area contributed by atoms with Gasteiger partial charge in [-0.25, -0.2) is 0 Å². The molecule has 0 aliphatic rings. The predicted octanol–water partition coefficient (Wildman–Crippen LogP) is 16.2. The Morgan fingerprint density at radius 1 is 0.344 bits per heavy atom. The number of carbonyl (C=O) groups excluding carboxylic acids is 3. The lowest BCUT2D eigenvalue weighted by atomic mass is 10.1. The summed E-state index contributed by atoms with van der Waals surface area (Å²) in [4.78, 5) is 37.9. The van der Waals surface area contributed by atoms with Crippen molar-refractivity contribution in [2.24, 2.45) is 0 Å². The monoisotopic (exact) mass is 847 g/mol. The van der Waals surface area contributed by atoms with Gasteiger partial charge in [-0.3, -0.25) is 14.4 Å². The zero-order valence-corrected chi connectivity index (χ0v) is 39.4. The second kappa shape index (κ2) is 49.0. The maximum Gasteiger partial charge on any atom is 0.306 e. The zero-order chi connectivity index (χ0) is 44.4. The summed E-state index contributed by atoms with van der Waals surface area (Å²) >= 11 is 0. The highest BCUT2D eigenvalue weighted by molar-refractivity contribution is 5.71. The van der Waals surface area contributed by atoms with Crippen LogP contribution >= 0.6 is 0 Å². The number of esters is 3. The number of unbranched alkanes of at least 4 members (excludes halogenated alkanes) is 16. The lowest BCUT2D eigenvalue weighted by Gasteiger charge is -2.18. The van der Waals surface area contributed by atoms with Crippen LogP contribution < -0.4 is 0 Å². The van der Waals surface area contributed by atoms with Crippen LogP contribution in [0.25, 0.3) is 0 Å². The summed E-state index contributed by atoms with van der Waals surface area (Å²) in [7, 11) is 0. The maximum absolute atomic E-state index is 12.8. The molecule has 0 aliphatic heterocycles. The molecule has 0 N–H and O–H groups in total. The van der Waals surface area contributed by atoms with Crippen molar-refractivity contribution < 1.29 is 28.6 Å². The van der Waals surface area contributed by atoms with Crippen LogP contribution in [0, 0.1) is 0 Å². The van der Waals surface area contributed by atoms with Crippen molar-refractivity contribution in [1.29, 1.82) is 0 Å². The molecule has 1 unspecified atom stereocenters. The van der Waals surface area contributed by atoms with E-state index in [1.54, 1.807) is 0 Å². The van der Waals surface area contributed by atoms with Crippen LogP contribution in [0.4, 0.5) is 0 Å². The Labute approximate surface area is 375 Å². The van der Waals surface area contributed by atoms with Gasteiger partial charge in [-0.15, -0.1) is 0 Å². The van der Waals surface area contributed by atoms with E-state index in [1.807, 2.05) is 0 Å². The van der Waals surface area contributed by atoms with Gasteiger partial charge < -0.3 is 14.2 Å². The van der Waals surface area contributed by atoms with Gasteiger partial charge in [-0.05, 0) is 109 Å². The second-order valence-electron chi connectivity index (χ2n) is 16.0. The van der Waals surface area contributed by atoms with Gasteiger partial charge in [-0.2, -0.15) is 0 Å². The number of rotatable bonds is 43. The molecule has 346 valence electrons. The summed E-state index contributed by atoms with van der Waals surface area (Å²) in [6.07, 6.45) is 63.9. The number of ether oxygens (including phenoxy) is 3. The van der Waals surface area contributed by atoms with Gasteiger partial charge in [-0.1, -0.05) is 182 Å². The Hall–Kier alpha value is -3.67. The molecule has 0 aliphatic carbocycles. The largest absolute Gasteiger partial charge is 0.462 e. The molecule has 0 aromatic heterocycles. The average molecular weight is 847 g/mol. The minimum atomic E-state index is -0.801. The molecule has 6 nitrogen and oxygen atoms in total. The summed E-state index contributed by atoms with van der Waals surface area (Å²) in [6.45, 7) is 6.35. The van der Waals surface area contributed by atoms with Crippen LogP contribution in [0.15, 0.2) is 97.2 Å². The fourth-order valence-electron chi connectivity index (χ4n) is 6.31. The molecule has 0 bridgehead atoms. The molecular weight excluding hydrogens is 757 g/mol. The molecule has 0 fully saturated rings. The van der Waals surface area contributed by atoms with Crippen LogP contribution in [0.2, 0.25) is 0 Å². The third-order valence-corrected chi connectivity index (χ3v) is 10.0. The molecule has 1 atom stereocenters. The van der Waals surface area contributed by atoms with Gasteiger partial charge in [0.15, 0.2) is 6.10 Å². The number of hydrogen-bond acceptors (Lipinski definition) is 6. The number of allylic oxidation sites excluding steroid dienone is 16. The predicted molar refractivity (Wildman–Crippen MR) is 260 cm³/mol. The first kappa shape index (κ1) is 57.3. The third kappa shape index (κ3) is 47.2. The van der Waals surface area contributed by atoms with Crippen molar-refractivity contribution in [2.45, 2.75) is 219 Å². The Morgan fingerprint density at radius 2 is 0.672 bits per heavy atom. The van der Waals surface area contributed by atoms with E-state index >= 15 is 0 Å². The fourth-order valence-corrected chi connectivity index (χ4v) is 6.31. The van der Waals surface area contributed by atoms with Crippen LogP contribution in [0.3, 0.4) is 0 Å². The summed E-state index contributed by atoms with van der Waals surface area (Å²) in [5, 5.41) is 0. The van der Waals surface area contributed by atoms with E-state index in [2.05, 4.69) is 118 Å². The van der Waals surface area contributed by atoms with Gasteiger partial charge in [0.2, 0.25) is 0 Å². The molecule has 0 saturated heterocycles. The smallest absolute Gasteiger partial charge is 0.306 e. The van der Waals surface area contributed by atoms with Crippen molar-refractivity contribution >= 4 is 17.9 Å². The van der Waals surface area contributed by atoms with Crippen LogP contribution in [0.1, 0.15) is 213 Å². The van der Waals surface area contributed by atoms with E-state index in [9.17, 15) is 14.4 Å². The minimum absolute atomic E-state index is 0.1000. The Balaban J connectivity index is 4.45. The van der Waals surface area contributed by atoms with Crippen molar-refractivity contribution in [3.05, 3.63) is 97.2 Å². The highest BCUT2D eigenvalue weighted by atomic mass is 16.6. The minimum Gasteiger partial charge on any atom is -0.462 e. The molecule has 6 heteroatoms. The highest BCUT2D eigenvalue weighted by Gasteiger charge is 2.19. The van der Waals surface area contributed by atoms with E-state index in [4.69, 9.17) is 14.2 Å². The van der Waals surface area contributed by atoms with Crippen molar-refractivity contribution in [2.75, 3.05) is 13.2 Å². The van der Waals surface area contributed by atoms with Crippen LogP contribution in [-0.2, 0) is 28.6 Å². The van der Waals surface area contributed by atoms with E-state index in [0.29, 0.717) is 19.3 Å². The molecule has 0 aromatic rings. The first-order chi connectivity index (χ1) is 30.0. The van der Waals surface area contributed by atoms with E-state index in [0.717, 1.165) is 141 Å². The van der Waals surface area contributed by atoms with E-state index < -0.39 is 6.10 Å². The van der Waals surface area contributed by atoms with Gasteiger partial charge in [0.25, 0.3) is 0 Å². The van der Waals surface area contributed by atoms with Gasteiger partial charge in [0, 0.05) is 19.3 Å². The van der Waals surface area contributed by atoms with Gasteiger partial charge >= 0.3 is 17.9 Å². The highest BCUT2D eigenvalue weighted by Crippen LogP contribution is 2.12. The SMILES string of the molecule is CC/C=C\C/C=C\C/C=C\C/C=C\C/C=C\CCCCCC(=O)OCC(COC(=O)CCCCCCC/C=C\CCC)OC(=O)CCCCCCC/C=C\C/C=C\CCCC. The standard InChI is InChI=1S/C55H90O6/c1-4-7-10-13-16-19-22-24-26-27-28-29-30-32-33-36-39-42-45-48-54(57)60-51-52(50-59-53(56)47-44-41-38-35-21-18-15-12-9-6-3)61-55(58)49-46-43-40-37-34-31-25-23-20-17-14-11-8-5-2/h7,10,12,14-17,19,23-26,28-29,32-33,52H,4-6,8-9,11,13,18,20-22,27,30-31,34-51H2,1-3H3/b10-7-,15-12-,17-14-,19-16-,25-23-,26-24-,29-28-,33-32-. The fraction of sp³-hybridized carbons (Fsp3) is 0.655.